The fourth-order valence-electron chi connectivity index (χ4n) is 4.17. The molecule has 1 N–H and O–H groups in total. The molecular formula is C25H29N5O3. The van der Waals surface area contributed by atoms with Crippen molar-refractivity contribution in [2.45, 2.75) is 58.5 Å². The van der Waals surface area contributed by atoms with Gasteiger partial charge < -0.3 is 14.7 Å². The lowest BCUT2D eigenvalue weighted by Gasteiger charge is -2.35. The van der Waals surface area contributed by atoms with Crippen LogP contribution in [0.15, 0.2) is 47.1 Å². The first-order valence-corrected chi connectivity index (χ1v) is 11.5. The predicted octanol–water partition coefficient (Wildman–Crippen LogP) is 4.02. The van der Waals surface area contributed by atoms with Crippen LogP contribution in [0.2, 0.25) is 0 Å². The zero-order valence-corrected chi connectivity index (χ0v) is 19.1. The van der Waals surface area contributed by atoms with Crippen molar-refractivity contribution in [3.05, 3.63) is 76.7 Å². The first-order valence-electron chi connectivity index (χ1n) is 11.5. The molecule has 0 radical (unpaired) electrons. The Morgan fingerprint density at radius 3 is 2.82 bits per heavy atom. The molecule has 1 aromatic carbocycles. The van der Waals surface area contributed by atoms with Crippen LogP contribution in [0, 0.1) is 6.92 Å². The number of nitrogens with zero attached hydrogens (tertiary/aromatic N) is 4. The molecule has 4 rings (SSSR count). The Hall–Kier alpha value is -3.55. The fraction of sp³-hybridized carbons (Fsp3) is 0.400. The van der Waals surface area contributed by atoms with Crippen molar-refractivity contribution in [2.75, 3.05) is 6.54 Å². The number of aromatic nitrogens is 3. The second-order valence-electron chi connectivity index (χ2n) is 8.32. The van der Waals surface area contributed by atoms with Gasteiger partial charge in [-0.15, -0.1) is 0 Å². The molecule has 1 aliphatic heterocycles. The average molecular weight is 448 g/mol. The smallest absolute Gasteiger partial charge is 0.276 e. The van der Waals surface area contributed by atoms with Gasteiger partial charge in [-0.2, -0.15) is 0 Å². The lowest BCUT2D eigenvalue weighted by Crippen LogP contribution is -2.40. The van der Waals surface area contributed by atoms with Crippen LogP contribution in [0.5, 0.6) is 0 Å². The number of likely N-dealkylation sites (tertiary alicyclic amines) is 1. The zero-order valence-electron chi connectivity index (χ0n) is 19.1. The van der Waals surface area contributed by atoms with Crippen LogP contribution >= 0.6 is 0 Å². The number of benzene rings is 1. The van der Waals surface area contributed by atoms with E-state index in [1.54, 1.807) is 24.1 Å². The fourth-order valence-corrected chi connectivity index (χ4v) is 4.17. The summed E-state index contributed by atoms with van der Waals surface area (Å²) in [5, 5.41) is 6.96. The highest BCUT2D eigenvalue weighted by Crippen LogP contribution is 2.33. The highest BCUT2D eigenvalue weighted by Gasteiger charge is 2.34. The standard InChI is InChI=1S/C25H29N5O3/c1-3-9-19-14-21(29-33-19)25(32)30-13-8-7-12-22(30)23-20(16-26-17(2)28-23)24(31)27-15-18-10-5-4-6-11-18/h4-6,10-11,14,16,22H,3,7-9,12-13,15H2,1-2H3,(H,27,31). The van der Waals surface area contributed by atoms with Crippen LogP contribution in [0.1, 0.15) is 82.3 Å². The van der Waals surface area contributed by atoms with Crippen LogP contribution in [-0.2, 0) is 13.0 Å². The molecule has 0 bridgehead atoms. The molecule has 172 valence electrons. The minimum Gasteiger partial charge on any atom is -0.361 e. The number of carbonyl (C=O) groups is 2. The van der Waals surface area contributed by atoms with Crippen LogP contribution < -0.4 is 5.32 Å². The molecule has 0 spiro atoms. The molecule has 8 nitrogen and oxygen atoms in total. The van der Waals surface area contributed by atoms with Crippen molar-refractivity contribution >= 4 is 11.8 Å². The van der Waals surface area contributed by atoms with Gasteiger partial charge >= 0.3 is 0 Å². The van der Waals surface area contributed by atoms with E-state index < -0.39 is 0 Å². The third kappa shape index (κ3) is 5.27. The van der Waals surface area contributed by atoms with Gasteiger partial charge in [-0.3, -0.25) is 9.59 Å². The molecule has 1 unspecified atom stereocenters. The molecule has 2 amide bonds. The summed E-state index contributed by atoms with van der Waals surface area (Å²) in [5.41, 5.74) is 2.28. The number of piperidine rings is 1. The minimum absolute atomic E-state index is 0.197. The molecule has 0 aliphatic carbocycles. The Labute approximate surface area is 193 Å². The first-order chi connectivity index (χ1) is 16.1. The van der Waals surface area contributed by atoms with Gasteiger partial charge in [0, 0.05) is 31.8 Å². The maximum absolute atomic E-state index is 13.3. The van der Waals surface area contributed by atoms with Gasteiger partial charge in [-0.25, -0.2) is 9.97 Å². The molecule has 3 heterocycles. The van der Waals surface area contributed by atoms with E-state index in [0.717, 1.165) is 37.7 Å². The van der Waals surface area contributed by atoms with Gasteiger partial charge in [-0.1, -0.05) is 42.4 Å². The second kappa shape index (κ2) is 10.4. The van der Waals surface area contributed by atoms with Crippen molar-refractivity contribution in [3.63, 3.8) is 0 Å². The highest BCUT2D eigenvalue weighted by atomic mass is 16.5. The van der Waals surface area contributed by atoms with Crippen molar-refractivity contribution < 1.29 is 14.1 Å². The third-order valence-electron chi connectivity index (χ3n) is 5.83. The number of amides is 2. The summed E-state index contributed by atoms with van der Waals surface area (Å²) in [7, 11) is 0. The van der Waals surface area contributed by atoms with E-state index >= 15 is 0 Å². The van der Waals surface area contributed by atoms with E-state index in [-0.39, 0.29) is 17.9 Å². The van der Waals surface area contributed by atoms with E-state index in [1.807, 2.05) is 37.3 Å². The summed E-state index contributed by atoms with van der Waals surface area (Å²) in [6.45, 7) is 4.82. The summed E-state index contributed by atoms with van der Waals surface area (Å²) in [5.74, 6) is 0.818. The molecule has 3 aromatic rings. The number of rotatable bonds is 7. The van der Waals surface area contributed by atoms with Crippen LogP contribution in [0.3, 0.4) is 0 Å². The van der Waals surface area contributed by atoms with E-state index in [1.165, 1.54) is 0 Å². The molecular weight excluding hydrogens is 418 g/mol. The van der Waals surface area contributed by atoms with Crippen molar-refractivity contribution in [3.8, 4) is 0 Å². The second-order valence-corrected chi connectivity index (χ2v) is 8.32. The van der Waals surface area contributed by atoms with Gasteiger partial charge in [0.05, 0.1) is 17.3 Å². The maximum Gasteiger partial charge on any atom is 0.276 e. The van der Waals surface area contributed by atoms with Gasteiger partial charge in [0.25, 0.3) is 11.8 Å². The zero-order chi connectivity index (χ0) is 23.2. The van der Waals surface area contributed by atoms with Gasteiger partial charge in [0.15, 0.2) is 5.69 Å². The molecule has 0 saturated carbocycles. The van der Waals surface area contributed by atoms with E-state index in [9.17, 15) is 9.59 Å². The highest BCUT2D eigenvalue weighted by molar-refractivity contribution is 5.96. The SMILES string of the molecule is CCCc1cc(C(=O)N2CCCCC2c2nc(C)ncc2C(=O)NCc2ccccc2)no1. The van der Waals surface area contributed by atoms with Crippen molar-refractivity contribution in [1.82, 2.24) is 25.3 Å². The Balaban J connectivity index is 1.59. The summed E-state index contributed by atoms with van der Waals surface area (Å²) < 4.78 is 5.33. The number of hydrogen-bond acceptors (Lipinski definition) is 6. The number of hydrogen-bond donors (Lipinski definition) is 1. The molecule has 8 heteroatoms. The van der Waals surface area contributed by atoms with Gasteiger partial charge in [0.1, 0.15) is 11.6 Å². The Morgan fingerprint density at radius 2 is 2.03 bits per heavy atom. The lowest BCUT2D eigenvalue weighted by atomic mass is 9.95. The summed E-state index contributed by atoms with van der Waals surface area (Å²) >= 11 is 0. The van der Waals surface area contributed by atoms with E-state index in [4.69, 9.17) is 4.52 Å². The van der Waals surface area contributed by atoms with Crippen molar-refractivity contribution in [2.24, 2.45) is 0 Å². The first kappa shape index (κ1) is 22.6. The van der Waals surface area contributed by atoms with Crippen LogP contribution in [-0.4, -0.2) is 38.4 Å². The molecule has 1 atom stereocenters. The quantitative estimate of drug-likeness (QED) is 0.587. The number of nitrogens with one attached hydrogen (secondary N) is 1. The molecule has 33 heavy (non-hydrogen) atoms. The monoisotopic (exact) mass is 447 g/mol. The van der Waals surface area contributed by atoms with Gasteiger partial charge in [-0.05, 0) is 38.2 Å². The topological polar surface area (TPSA) is 101 Å². The predicted molar refractivity (Wildman–Crippen MR) is 123 cm³/mol. The molecule has 1 aliphatic rings. The maximum atomic E-state index is 13.3. The minimum atomic E-state index is -0.322. The van der Waals surface area contributed by atoms with Crippen molar-refractivity contribution in [1.29, 1.82) is 0 Å². The lowest BCUT2D eigenvalue weighted by molar-refractivity contribution is 0.0591. The Kier molecular flexibility index (Phi) is 7.12. The Bertz CT molecular complexity index is 1110. The Morgan fingerprint density at radius 1 is 1.21 bits per heavy atom. The van der Waals surface area contributed by atoms with E-state index in [2.05, 4.69) is 20.4 Å². The third-order valence-corrected chi connectivity index (χ3v) is 5.83. The van der Waals surface area contributed by atoms with Gasteiger partial charge in [0.2, 0.25) is 0 Å². The largest absolute Gasteiger partial charge is 0.361 e. The summed E-state index contributed by atoms with van der Waals surface area (Å²) in [6, 6.07) is 11.1. The summed E-state index contributed by atoms with van der Waals surface area (Å²) in [4.78, 5) is 37.1. The average Bonchev–Trinajstić information content (AvgIpc) is 3.31. The normalized spacial score (nSPS) is 15.9. The molecule has 2 aromatic heterocycles. The molecule has 1 saturated heterocycles. The van der Waals surface area contributed by atoms with Crippen LogP contribution in [0.25, 0.3) is 0 Å². The van der Waals surface area contributed by atoms with E-state index in [0.29, 0.717) is 41.6 Å². The number of carbonyl (C=O) groups excluding carboxylic acids is 2. The van der Waals surface area contributed by atoms with Crippen LogP contribution in [0.4, 0.5) is 0 Å². The summed E-state index contributed by atoms with van der Waals surface area (Å²) in [6.07, 6.45) is 5.77. The number of aryl methyl sites for hydroxylation is 2. The molecule has 1 fully saturated rings.